The third-order valence-electron chi connectivity index (χ3n) is 2.90. The molecule has 4 nitrogen and oxygen atoms in total. The average Bonchev–Trinajstić information content (AvgIpc) is 2.34. The molecule has 1 N–H and O–H groups in total. The molecule has 8 heteroatoms. The van der Waals surface area contributed by atoms with Crippen LogP contribution >= 0.6 is 10.7 Å². The highest BCUT2D eigenvalue weighted by atomic mass is 35.7. The van der Waals surface area contributed by atoms with E-state index >= 15 is 0 Å². The molecule has 0 heterocycles. The van der Waals surface area contributed by atoms with Crippen molar-refractivity contribution < 1.29 is 22.0 Å². The zero-order chi connectivity index (χ0) is 16.2. The third-order valence-corrected chi connectivity index (χ3v) is 4.23. The standard InChI is InChI=1S/C13H16ClF2NO3S/c1-3-4-5-8(2)17-13(18)9-6-12(21(14,19)20)11(16)7-10(9)15/h6-8H,3-5H2,1-2H3,(H,17,18). The molecule has 1 rings (SSSR count). The summed E-state index contributed by atoms with van der Waals surface area (Å²) < 4.78 is 49.4. The molecular weight excluding hydrogens is 324 g/mol. The number of carbonyl (C=O) groups is 1. The number of carbonyl (C=O) groups excluding carboxylic acids is 1. The molecular formula is C13H16ClF2NO3S. The molecule has 0 spiro atoms. The summed E-state index contributed by atoms with van der Waals surface area (Å²) in [5.74, 6) is -3.28. The van der Waals surface area contributed by atoms with Crippen molar-refractivity contribution in [2.75, 3.05) is 0 Å². The molecule has 0 aliphatic rings. The lowest BCUT2D eigenvalue weighted by Gasteiger charge is -2.14. The van der Waals surface area contributed by atoms with Gasteiger partial charge in [-0.05, 0) is 19.4 Å². The molecule has 21 heavy (non-hydrogen) atoms. The van der Waals surface area contributed by atoms with Gasteiger partial charge in [-0.3, -0.25) is 4.79 Å². The van der Waals surface area contributed by atoms with E-state index in [1.807, 2.05) is 6.92 Å². The van der Waals surface area contributed by atoms with Gasteiger partial charge in [0.2, 0.25) is 0 Å². The van der Waals surface area contributed by atoms with Gasteiger partial charge < -0.3 is 5.32 Å². The van der Waals surface area contributed by atoms with Crippen molar-refractivity contribution in [3.63, 3.8) is 0 Å². The number of benzene rings is 1. The van der Waals surface area contributed by atoms with E-state index in [1.165, 1.54) is 0 Å². The van der Waals surface area contributed by atoms with Crippen LogP contribution in [-0.2, 0) is 9.05 Å². The summed E-state index contributed by atoms with van der Waals surface area (Å²) in [5.41, 5.74) is -0.557. The van der Waals surface area contributed by atoms with Crippen LogP contribution in [0.25, 0.3) is 0 Å². The molecule has 1 aromatic rings. The number of rotatable bonds is 6. The summed E-state index contributed by atoms with van der Waals surface area (Å²) in [6, 6.07) is 0.730. The summed E-state index contributed by atoms with van der Waals surface area (Å²) in [6.45, 7) is 3.74. The van der Waals surface area contributed by atoms with E-state index < -0.39 is 37.1 Å². The summed E-state index contributed by atoms with van der Waals surface area (Å²) in [7, 11) is 0.647. The molecule has 118 valence electrons. The fourth-order valence-electron chi connectivity index (χ4n) is 1.77. The number of hydrogen-bond donors (Lipinski definition) is 1. The van der Waals surface area contributed by atoms with Crippen LogP contribution in [0.1, 0.15) is 43.5 Å². The Bertz CT molecular complexity index is 635. The van der Waals surface area contributed by atoms with Crippen LogP contribution in [0, 0.1) is 11.6 Å². The van der Waals surface area contributed by atoms with E-state index in [4.69, 9.17) is 10.7 Å². The molecule has 1 amide bonds. The predicted octanol–water partition coefficient (Wildman–Crippen LogP) is 3.20. The number of hydrogen-bond acceptors (Lipinski definition) is 3. The van der Waals surface area contributed by atoms with E-state index in [1.54, 1.807) is 6.92 Å². The SMILES string of the molecule is CCCCC(C)NC(=O)c1cc(S(=O)(=O)Cl)c(F)cc1F. The lowest BCUT2D eigenvalue weighted by molar-refractivity contribution is 0.0933. The molecule has 0 aliphatic carbocycles. The second-order valence-electron chi connectivity index (χ2n) is 4.72. The summed E-state index contributed by atoms with van der Waals surface area (Å²) >= 11 is 0. The van der Waals surface area contributed by atoms with Gasteiger partial charge in [0.1, 0.15) is 16.5 Å². The minimum Gasteiger partial charge on any atom is -0.349 e. The predicted molar refractivity (Wildman–Crippen MR) is 75.9 cm³/mol. The molecule has 1 unspecified atom stereocenters. The van der Waals surface area contributed by atoms with Gasteiger partial charge in [0.25, 0.3) is 15.0 Å². The number of unbranched alkanes of at least 4 members (excludes halogenated alkanes) is 1. The minimum atomic E-state index is -4.40. The van der Waals surface area contributed by atoms with Crippen LogP contribution in [-0.4, -0.2) is 20.4 Å². The van der Waals surface area contributed by atoms with Crippen molar-refractivity contribution in [2.45, 2.75) is 44.0 Å². The number of amides is 1. The molecule has 0 saturated heterocycles. The Morgan fingerprint density at radius 2 is 1.95 bits per heavy atom. The van der Waals surface area contributed by atoms with E-state index in [-0.39, 0.29) is 6.04 Å². The van der Waals surface area contributed by atoms with Gasteiger partial charge in [-0.1, -0.05) is 19.8 Å². The number of nitrogens with one attached hydrogen (secondary N) is 1. The Morgan fingerprint density at radius 3 is 2.48 bits per heavy atom. The largest absolute Gasteiger partial charge is 0.349 e. The fourth-order valence-corrected chi connectivity index (χ4v) is 2.68. The van der Waals surface area contributed by atoms with Gasteiger partial charge in [-0.2, -0.15) is 0 Å². The van der Waals surface area contributed by atoms with Gasteiger partial charge >= 0.3 is 0 Å². The van der Waals surface area contributed by atoms with Gasteiger partial charge in [-0.15, -0.1) is 0 Å². The summed E-state index contributed by atoms with van der Waals surface area (Å²) in [6.07, 6.45) is 2.53. The maximum atomic E-state index is 13.6. The highest BCUT2D eigenvalue weighted by Gasteiger charge is 2.23. The first-order chi connectivity index (χ1) is 9.66. The Balaban J connectivity index is 3.05. The smallest absolute Gasteiger partial charge is 0.264 e. The molecule has 1 aromatic carbocycles. The van der Waals surface area contributed by atoms with E-state index in [9.17, 15) is 22.0 Å². The Hall–Kier alpha value is -1.21. The maximum absolute atomic E-state index is 13.6. The summed E-state index contributed by atoms with van der Waals surface area (Å²) in [5, 5.41) is 2.53. The van der Waals surface area contributed by atoms with Gasteiger partial charge in [0, 0.05) is 22.8 Å². The van der Waals surface area contributed by atoms with Gasteiger partial charge in [0.15, 0.2) is 0 Å². The summed E-state index contributed by atoms with van der Waals surface area (Å²) in [4.78, 5) is 11.0. The van der Waals surface area contributed by atoms with Gasteiger partial charge in [-0.25, -0.2) is 17.2 Å². The molecule has 0 aromatic heterocycles. The van der Waals surface area contributed by atoms with Crippen molar-refractivity contribution in [1.82, 2.24) is 5.32 Å². The minimum absolute atomic E-state index is 0.210. The van der Waals surface area contributed by atoms with Crippen molar-refractivity contribution in [2.24, 2.45) is 0 Å². The highest BCUT2D eigenvalue weighted by molar-refractivity contribution is 8.13. The fraction of sp³-hybridized carbons (Fsp3) is 0.462. The van der Waals surface area contributed by atoms with E-state index in [2.05, 4.69) is 5.32 Å². The molecule has 1 atom stereocenters. The van der Waals surface area contributed by atoms with Gasteiger partial charge in [0.05, 0.1) is 5.56 Å². The lowest BCUT2D eigenvalue weighted by Crippen LogP contribution is -2.33. The van der Waals surface area contributed by atoms with Crippen molar-refractivity contribution in [3.8, 4) is 0 Å². The first kappa shape index (κ1) is 17.8. The molecule has 0 bridgehead atoms. The van der Waals surface area contributed by atoms with Crippen LogP contribution in [0.3, 0.4) is 0 Å². The zero-order valence-corrected chi connectivity index (χ0v) is 13.2. The van der Waals surface area contributed by atoms with Crippen LogP contribution in [0.4, 0.5) is 8.78 Å². The maximum Gasteiger partial charge on any atom is 0.264 e. The average molecular weight is 340 g/mol. The highest BCUT2D eigenvalue weighted by Crippen LogP contribution is 2.22. The molecule has 0 fully saturated rings. The second kappa shape index (κ2) is 7.17. The van der Waals surface area contributed by atoms with Crippen LogP contribution in [0.5, 0.6) is 0 Å². The molecule has 0 aliphatic heterocycles. The van der Waals surface area contributed by atoms with Crippen molar-refractivity contribution in [1.29, 1.82) is 0 Å². The Morgan fingerprint density at radius 1 is 1.33 bits per heavy atom. The first-order valence-corrected chi connectivity index (χ1v) is 8.72. The monoisotopic (exact) mass is 339 g/mol. The van der Waals surface area contributed by atoms with Crippen LogP contribution in [0.2, 0.25) is 0 Å². The quantitative estimate of drug-likeness (QED) is 0.809. The van der Waals surface area contributed by atoms with Crippen LogP contribution < -0.4 is 5.32 Å². The van der Waals surface area contributed by atoms with Crippen LogP contribution in [0.15, 0.2) is 17.0 Å². The number of halogens is 3. The first-order valence-electron chi connectivity index (χ1n) is 6.41. The van der Waals surface area contributed by atoms with E-state index in [0.717, 1.165) is 12.8 Å². The lowest BCUT2D eigenvalue weighted by atomic mass is 10.1. The molecule has 0 radical (unpaired) electrons. The molecule has 0 saturated carbocycles. The topological polar surface area (TPSA) is 63.2 Å². The Labute approximate surface area is 126 Å². The Kier molecular flexibility index (Phi) is 6.10. The third kappa shape index (κ3) is 4.93. The van der Waals surface area contributed by atoms with Crippen molar-refractivity contribution in [3.05, 3.63) is 29.3 Å². The van der Waals surface area contributed by atoms with Crippen molar-refractivity contribution >= 4 is 25.6 Å². The zero-order valence-electron chi connectivity index (χ0n) is 11.6. The normalized spacial score (nSPS) is 13.0. The second-order valence-corrected chi connectivity index (χ2v) is 7.25. The van der Waals surface area contributed by atoms with E-state index in [0.29, 0.717) is 18.6 Å².